The molecule has 74 heavy (non-hydrogen) atoms. The number of hydrogen-bond donors (Lipinski definition) is 2. The van der Waals surface area contributed by atoms with Gasteiger partial charge >= 0.3 is 11.9 Å². The Kier molecular flexibility index (Phi) is 15.6. The van der Waals surface area contributed by atoms with Crippen molar-refractivity contribution in [2.24, 2.45) is 5.16 Å². The summed E-state index contributed by atoms with van der Waals surface area (Å²) in [7, 11) is 1.55. The van der Waals surface area contributed by atoms with Crippen molar-refractivity contribution >= 4 is 90.9 Å². The van der Waals surface area contributed by atoms with Crippen molar-refractivity contribution in [2.75, 3.05) is 30.5 Å². The van der Waals surface area contributed by atoms with Gasteiger partial charge in [-0.3, -0.25) is 19.3 Å². The fourth-order valence-corrected chi connectivity index (χ4v) is 12.9. The summed E-state index contributed by atoms with van der Waals surface area (Å²) in [4.78, 5) is 80.6. The summed E-state index contributed by atoms with van der Waals surface area (Å²) in [5, 5.41) is 12.3. The number of esters is 2. The zero-order valence-electron chi connectivity index (χ0n) is 40.4. The first-order chi connectivity index (χ1) is 35.7. The molecule has 0 spiro atoms. The molecule has 2 atom stereocenters. The van der Waals surface area contributed by atoms with E-state index in [1.807, 2.05) is 91.0 Å². The number of fused-ring (bicyclic) bond motifs is 2. The lowest BCUT2D eigenvalue weighted by molar-refractivity contribution is -0.160. The quantitative estimate of drug-likeness (QED) is 0.0208. The number of nitrogens with one attached hydrogen (secondary N) is 2. The number of benzene rings is 5. The average Bonchev–Trinajstić information content (AvgIpc) is 3.88. The van der Waals surface area contributed by atoms with Crippen LogP contribution in [0.1, 0.15) is 48.7 Å². The molecule has 1 saturated heterocycles. The van der Waals surface area contributed by atoms with Crippen molar-refractivity contribution in [1.82, 2.24) is 15.2 Å². The van der Waals surface area contributed by atoms with Crippen molar-refractivity contribution in [2.45, 2.75) is 54.1 Å². The Bertz CT molecular complexity index is 3230. The molecule has 0 aliphatic carbocycles. The number of oxime groups is 1. The van der Waals surface area contributed by atoms with E-state index in [4.69, 9.17) is 24.0 Å². The van der Waals surface area contributed by atoms with Crippen LogP contribution in [-0.4, -0.2) is 81.6 Å². The molecule has 378 valence electrons. The lowest BCUT2D eigenvalue weighted by Gasteiger charge is -2.49. The fraction of sp³-hybridized carbons (Fsp3) is 0.218. The van der Waals surface area contributed by atoms with Crippen LogP contribution in [0.25, 0.3) is 10.1 Å². The molecule has 9 rings (SSSR count). The third kappa shape index (κ3) is 11.4. The van der Waals surface area contributed by atoms with Gasteiger partial charge in [0, 0.05) is 33.0 Å². The summed E-state index contributed by atoms with van der Waals surface area (Å²) in [6.07, 6.45) is 0. The van der Waals surface area contributed by atoms with Crippen LogP contribution in [0.15, 0.2) is 170 Å². The number of nitrogens with zero attached hydrogens (tertiary/aromatic N) is 3. The normalized spacial score (nSPS) is 15.7. The number of thioether (sulfide) groups is 2. The highest BCUT2D eigenvalue weighted by Gasteiger charge is 2.55. The van der Waals surface area contributed by atoms with Crippen LogP contribution >= 0.6 is 46.2 Å². The molecule has 2 amide bonds. The zero-order valence-corrected chi connectivity index (χ0v) is 43.6. The lowest BCUT2D eigenvalue weighted by Crippen LogP contribution is -2.71. The van der Waals surface area contributed by atoms with Gasteiger partial charge in [0.2, 0.25) is 6.61 Å². The number of methoxy groups -OCH3 is 1. The number of hydrogen-bond acceptors (Lipinski definition) is 16. The van der Waals surface area contributed by atoms with Crippen molar-refractivity contribution in [3.05, 3.63) is 200 Å². The Balaban J connectivity index is 1.00. The summed E-state index contributed by atoms with van der Waals surface area (Å²) >= 11 is 5.07. The minimum Gasteiger partial charge on any atom is -0.497 e. The first kappa shape index (κ1) is 51.6. The van der Waals surface area contributed by atoms with Crippen molar-refractivity contribution in [3.63, 3.8) is 0 Å². The SMILES string of the molecule is COc1ccc(COC(=O)C2=C(CSc3cc(=O)c4ccc(F)cc4s3)CS[C@@H]3C(NC(=O)/C(=N\OCC(=O)OC(C)(C)C)c4csc(NC(c5ccccc5)(c5ccccc5)c5ccccc5)n4)C(=O)N23)cc1. The number of aromatic nitrogens is 1. The summed E-state index contributed by atoms with van der Waals surface area (Å²) in [5.74, 6) is -2.31. The summed E-state index contributed by atoms with van der Waals surface area (Å²) < 4.78 is 31.8. The molecule has 2 N–H and O–H groups in total. The van der Waals surface area contributed by atoms with E-state index < -0.39 is 58.7 Å². The van der Waals surface area contributed by atoms with Crippen LogP contribution < -0.4 is 20.8 Å². The van der Waals surface area contributed by atoms with Crippen molar-refractivity contribution in [3.8, 4) is 5.75 Å². The van der Waals surface area contributed by atoms with E-state index in [1.165, 1.54) is 75.4 Å². The number of thiazole rings is 1. The van der Waals surface area contributed by atoms with Gasteiger partial charge in [-0.25, -0.2) is 19.0 Å². The second-order valence-corrected chi connectivity index (χ2v) is 22.2. The predicted molar refractivity (Wildman–Crippen MR) is 287 cm³/mol. The van der Waals surface area contributed by atoms with Gasteiger partial charge < -0.3 is 29.7 Å². The van der Waals surface area contributed by atoms with Crippen LogP contribution in [0, 0.1) is 5.82 Å². The molecule has 5 aromatic carbocycles. The van der Waals surface area contributed by atoms with Crippen LogP contribution in [0.4, 0.5) is 9.52 Å². The number of anilines is 1. The van der Waals surface area contributed by atoms with Gasteiger partial charge in [0.25, 0.3) is 11.8 Å². The molecule has 0 bridgehead atoms. The third-order valence-electron chi connectivity index (χ3n) is 11.7. The highest BCUT2D eigenvalue weighted by atomic mass is 32.2. The van der Waals surface area contributed by atoms with Gasteiger partial charge in [0.05, 0.1) is 11.3 Å². The van der Waals surface area contributed by atoms with Crippen LogP contribution in [-0.2, 0) is 45.6 Å². The second-order valence-electron chi connectivity index (χ2n) is 17.9. The Morgan fingerprint density at radius 3 is 2.14 bits per heavy atom. The van der Waals surface area contributed by atoms with E-state index in [0.717, 1.165) is 16.7 Å². The minimum absolute atomic E-state index is 0.0213. The first-order valence-electron chi connectivity index (χ1n) is 23.2. The monoisotopic (exact) mass is 1070 g/mol. The third-order valence-corrected chi connectivity index (χ3v) is 16.2. The maximum Gasteiger partial charge on any atom is 0.355 e. The van der Waals surface area contributed by atoms with Crippen molar-refractivity contribution < 1.29 is 42.6 Å². The Hall–Kier alpha value is -7.32. The number of β-lactam (4-membered cyclic amide) rings is 1. The number of amides is 2. The number of rotatable bonds is 18. The number of carbonyl (C=O) groups is 4. The number of ether oxygens (including phenoxy) is 3. The summed E-state index contributed by atoms with van der Waals surface area (Å²) in [5.41, 5.74) is 1.73. The topological polar surface area (TPSA) is 175 Å². The number of halogens is 1. The molecule has 0 saturated carbocycles. The molecule has 19 heteroatoms. The molecule has 1 fully saturated rings. The van der Waals surface area contributed by atoms with E-state index >= 15 is 0 Å². The van der Waals surface area contributed by atoms with E-state index in [0.29, 0.717) is 36.3 Å². The van der Waals surface area contributed by atoms with Gasteiger partial charge in [-0.15, -0.1) is 46.2 Å². The lowest BCUT2D eigenvalue weighted by atomic mass is 9.77. The maximum atomic E-state index is 14.6. The smallest absolute Gasteiger partial charge is 0.355 e. The zero-order chi connectivity index (χ0) is 52.0. The predicted octanol–water partition coefficient (Wildman–Crippen LogP) is 9.52. The van der Waals surface area contributed by atoms with Gasteiger partial charge in [0.1, 0.15) is 52.1 Å². The second kappa shape index (κ2) is 22.4. The molecule has 4 heterocycles. The standard InChI is InChI=1S/C55H48FN5O9S4/c1-54(2,3)70-44(63)29-69-60-46(41-32-73-53(57-41)59-55(35-14-8-5-9-15-35,36-16-10-6-11-17-36)37-18-12-7-13-19-37)49(64)58-47-50(65)61-48(52(66)68-28-33-20-23-39(67-4)24-21-33)34(31-72-51(47)61)30-71-45-27-42(62)40-25-22-38(56)26-43(40)74-45/h5-27,32,47,51H,28-31H2,1-4H3,(H,57,59)(H,58,64)/b60-46-/t47?,51-/m1/s1. The Morgan fingerprint density at radius 1 is 0.865 bits per heavy atom. The maximum absolute atomic E-state index is 14.6. The average molecular weight is 1070 g/mol. The van der Waals surface area contributed by atoms with Gasteiger partial charge in [-0.05, 0) is 78.9 Å². The molecule has 1 unspecified atom stereocenters. The molecule has 0 radical (unpaired) electrons. The fourth-order valence-electron chi connectivity index (χ4n) is 8.37. The van der Waals surface area contributed by atoms with Crippen LogP contribution in [0.5, 0.6) is 5.75 Å². The highest BCUT2D eigenvalue weighted by molar-refractivity contribution is 8.02. The van der Waals surface area contributed by atoms with E-state index in [9.17, 15) is 28.4 Å². The molecule has 2 aliphatic rings. The van der Waals surface area contributed by atoms with E-state index in [1.54, 1.807) is 57.5 Å². The molecule has 2 aromatic heterocycles. The van der Waals surface area contributed by atoms with Gasteiger partial charge in [-0.2, -0.15) is 0 Å². The Labute approximate surface area is 442 Å². The molecule has 7 aromatic rings. The highest BCUT2D eigenvalue weighted by Crippen LogP contribution is 2.44. The summed E-state index contributed by atoms with van der Waals surface area (Å²) in [6, 6.07) is 41.0. The van der Waals surface area contributed by atoms with Crippen molar-refractivity contribution in [1.29, 1.82) is 0 Å². The summed E-state index contributed by atoms with van der Waals surface area (Å²) in [6.45, 7) is 4.39. The largest absolute Gasteiger partial charge is 0.497 e. The molecular weight excluding hydrogens is 1020 g/mol. The van der Waals surface area contributed by atoms with E-state index in [-0.39, 0.29) is 40.6 Å². The molecular formula is C55H48FN5O9S4. The Morgan fingerprint density at radius 2 is 1.51 bits per heavy atom. The van der Waals surface area contributed by atoms with Crippen LogP contribution in [0.2, 0.25) is 0 Å². The van der Waals surface area contributed by atoms with E-state index in [2.05, 4.69) is 15.8 Å². The molecule has 2 aliphatic heterocycles. The van der Waals surface area contributed by atoms with Gasteiger partial charge in [0.15, 0.2) is 16.3 Å². The first-order valence-corrected chi connectivity index (χ1v) is 26.9. The van der Waals surface area contributed by atoms with Gasteiger partial charge in [-0.1, -0.05) is 108 Å². The number of carbonyl (C=O) groups excluding carboxylic acids is 4. The minimum atomic E-state index is -1.14. The molecule has 14 nitrogen and oxygen atoms in total. The van der Waals surface area contributed by atoms with Crippen LogP contribution in [0.3, 0.4) is 0 Å².